The van der Waals surface area contributed by atoms with Crippen LogP contribution >= 0.6 is 11.8 Å². The first kappa shape index (κ1) is 21.7. The van der Waals surface area contributed by atoms with Crippen LogP contribution in [0, 0.1) is 20.8 Å². The number of aromatic nitrogens is 3. The molecule has 0 unspecified atom stereocenters. The van der Waals surface area contributed by atoms with Gasteiger partial charge in [-0.3, -0.25) is 9.36 Å². The molecule has 0 aliphatic heterocycles. The van der Waals surface area contributed by atoms with Crippen molar-refractivity contribution in [2.24, 2.45) is 0 Å². The highest BCUT2D eigenvalue weighted by atomic mass is 32.2. The fraction of sp³-hybridized carbons (Fsp3) is 0.318. The van der Waals surface area contributed by atoms with Crippen molar-refractivity contribution in [3.8, 4) is 17.2 Å². The minimum atomic E-state index is -0.0778. The first-order chi connectivity index (χ1) is 14.5. The van der Waals surface area contributed by atoms with Gasteiger partial charge in [0.05, 0.1) is 19.4 Å². The van der Waals surface area contributed by atoms with Crippen LogP contribution in [0.15, 0.2) is 47.6 Å². The maximum Gasteiger partial charge on any atom is 0.230 e. The fourth-order valence-electron chi connectivity index (χ4n) is 3.02. The van der Waals surface area contributed by atoms with Gasteiger partial charge in [0.25, 0.3) is 0 Å². The number of aryl methyl sites for hydroxylation is 3. The molecule has 0 fully saturated rings. The molecule has 1 aromatic heterocycles. The SMILES string of the molecule is COc1ccc(-n2c(C)nnc2SCC(=O)NCCOc2cc(C)cc(C)c2)cc1. The van der Waals surface area contributed by atoms with E-state index in [2.05, 4.69) is 21.6 Å². The third-order valence-electron chi connectivity index (χ3n) is 4.35. The minimum Gasteiger partial charge on any atom is -0.497 e. The highest BCUT2D eigenvalue weighted by Crippen LogP contribution is 2.23. The number of hydrogen-bond donors (Lipinski definition) is 1. The Hall–Kier alpha value is -3.00. The largest absolute Gasteiger partial charge is 0.497 e. The summed E-state index contributed by atoms with van der Waals surface area (Å²) in [6.45, 7) is 6.80. The second kappa shape index (κ2) is 10.2. The monoisotopic (exact) mass is 426 g/mol. The van der Waals surface area contributed by atoms with Crippen LogP contribution in [0.3, 0.4) is 0 Å². The molecular weight excluding hydrogens is 400 g/mol. The second-order valence-electron chi connectivity index (χ2n) is 6.87. The van der Waals surface area contributed by atoms with Crippen molar-refractivity contribution in [2.45, 2.75) is 25.9 Å². The molecule has 1 amide bonds. The van der Waals surface area contributed by atoms with E-state index >= 15 is 0 Å². The standard InChI is InChI=1S/C22H26N4O3S/c1-15-11-16(2)13-20(12-15)29-10-9-23-21(27)14-30-22-25-24-17(3)26(22)18-5-7-19(28-4)8-6-18/h5-8,11-13H,9-10,14H2,1-4H3,(H,23,27). The number of carbonyl (C=O) groups excluding carboxylic acids is 1. The van der Waals surface area contributed by atoms with Crippen molar-refractivity contribution in [2.75, 3.05) is 26.0 Å². The molecule has 0 radical (unpaired) electrons. The number of benzene rings is 2. The Balaban J connectivity index is 1.49. The molecule has 8 heteroatoms. The van der Waals surface area contributed by atoms with E-state index in [0.29, 0.717) is 18.3 Å². The van der Waals surface area contributed by atoms with Gasteiger partial charge in [0.1, 0.15) is 23.9 Å². The van der Waals surface area contributed by atoms with E-state index < -0.39 is 0 Å². The molecule has 2 aromatic carbocycles. The van der Waals surface area contributed by atoms with E-state index in [1.165, 1.54) is 11.8 Å². The average molecular weight is 427 g/mol. The molecule has 1 N–H and O–H groups in total. The van der Waals surface area contributed by atoms with Gasteiger partial charge in [-0.2, -0.15) is 0 Å². The maximum atomic E-state index is 12.2. The lowest BCUT2D eigenvalue weighted by Gasteiger charge is -2.10. The number of nitrogens with one attached hydrogen (secondary N) is 1. The Morgan fingerprint density at radius 2 is 1.73 bits per heavy atom. The van der Waals surface area contributed by atoms with E-state index in [1.807, 2.05) is 61.7 Å². The number of nitrogens with zero attached hydrogens (tertiary/aromatic N) is 3. The lowest BCUT2D eigenvalue weighted by molar-refractivity contribution is -0.118. The quantitative estimate of drug-likeness (QED) is 0.417. The van der Waals surface area contributed by atoms with Crippen molar-refractivity contribution < 1.29 is 14.3 Å². The molecular formula is C22H26N4O3S. The summed E-state index contributed by atoms with van der Waals surface area (Å²) in [6, 6.07) is 13.7. The van der Waals surface area contributed by atoms with Gasteiger partial charge in [-0.1, -0.05) is 17.8 Å². The summed E-state index contributed by atoms with van der Waals surface area (Å²) >= 11 is 1.34. The van der Waals surface area contributed by atoms with Gasteiger partial charge in [-0.15, -0.1) is 10.2 Å². The molecule has 0 aliphatic rings. The predicted octanol–water partition coefficient (Wildman–Crippen LogP) is 3.49. The normalized spacial score (nSPS) is 10.7. The van der Waals surface area contributed by atoms with Gasteiger partial charge < -0.3 is 14.8 Å². The number of rotatable bonds is 9. The Morgan fingerprint density at radius 1 is 1.03 bits per heavy atom. The molecule has 0 spiro atoms. The van der Waals surface area contributed by atoms with Crippen molar-refractivity contribution in [3.63, 3.8) is 0 Å². The third-order valence-corrected chi connectivity index (χ3v) is 5.28. The summed E-state index contributed by atoms with van der Waals surface area (Å²) in [6.07, 6.45) is 0. The number of amides is 1. The fourth-order valence-corrected chi connectivity index (χ4v) is 3.85. The zero-order valence-electron chi connectivity index (χ0n) is 17.6. The first-order valence-corrected chi connectivity index (χ1v) is 10.6. The van der Waals surface area contributed by atoms with Crippen LogP contribution in [0.2, 0.25) is 0 Å². The van der Waals surface area contributed by atoms with Crippen LogP contribution in [0.25, 0.3) is 5.69 Å². The van der Waals surface area contributed by atoms with Crippen molar-refractivity contribution in [1.82, 2.24) is 20.1 Å². The average Bonchev–Trinajstić information content (AvgIpc) is 3.09. The van der Waals surface area contributed by atoms with Crippen molar-refractivity contribution >= 4 is 17.7 Å². The van der Waals surface area contributed by atoms with E-state index in [0.717, 1.165) is 34.1 Å². The van der Waals surface area contributed by atoms with Crippen LogP contribution in [-0.2, 0) is 4.79 Å². The van der Waals surface area contributed by atoms with Crippen LogP contribution in [-0.4, -0.2) is 46.7 Å². The smallest absolute Gasteiger partial charge is 0.230 e. The van der Waals surface area contributed by atoms with Crippen molar-refractivity contribution in [1.29, 1.82) is 0 Å². The summed E-state index contributed by atoms with van der Waals surface area (Å²) < 4.78 is 12.8. The molecule has 0 saturated heterocycles. The molecule has 1 heterocycles. The maximum absolute atomic E-state index is 12.2. The van der Waals surface area contributed by atoms with Gasteiger partial charge in [-0.05, 0) is 68.3 Å². The molecule has 3 aromatic rings. The zero-order valence-corrected chi connectivity index (χ0v) is 18.5. The van der Waals surface area contributed by atoms with Gasteiger partial charge >= 0.3 is 0 Å². The molecule has 158 valence electrons. The van der Waals surface area contributed by atoms with Crippen LogP contribution < -0.4 is 14.8 Å². The number of methoxy groups -OCH3 is 1. The molecule has 0 atom stereocenters. The summed E-state index contributed by atoms with van der Waals surface area (Å²) in [4.78, 5) is 12.2. The topological polar surface area (TPSA) is 78.3 Å². The summed E-state index contributed by atoms with van der Waals surface area (Å²) in [5, 5.41) is 11.9. The number of thioether (sulfide) groups is 1. The van der Waals surface area contributed by atoms with E-state index in [9.17, 15) is 4.79 Å². The third kappa shape index (κ3) is 5.76. The summed E-state index contributed by atoms with van der Waals surface area (Å²) in [5.74, 6) is 2.52. The molecule has 0 saturated carbocycles. The Bertz CT molecular complexity index is 982. The molecule has 0 aliphatic carbocycles. The lowest BCUT2D eigenvalue weighted by atomic mass is 10.1. The number of hydrogen-bond acceptors (Lipinski definition) is 6. The molecule has 3 rings (SSSR count). The Kier molecular flexibility index (Phi) is 7.35. The summed E-state index contributed by atoms with van der Waals surface area (Å²) in [5.41, 5.74) is 3.23. The van der Waals surface area contributed by atoms with Crippen LogP contribution in [0.5, 0.6) is 11.5 Å². The second-order valence-corrected chi connectivity index (χ2v) is 7.82. The highest BCUT2D eigenvalue weighted by molar-refractivity contribution is 7.99. The first-order valence-electron chi connectivity index (χ1n) is 9.63. The Labute approximate surface area is 180 Å². The number of carbonyl (C=O) groups is 1. The molecule has 30 heavy (non-hydrogen) atoms. The number of ether oxygens (including phenoxy) is 2. The summed E-state index contributed by atoms with van der Waals surface area (Å²) in [7, 11) is 1.63. The highest BCUT2D eigenvalue weighted by Gasteiger charge is 2.13. The lowest BCUT2D eigenvalue weighted by Crippen LogP contribution is -2.29. The van der Waals surface area contributed by atoms with Crippen molar-refractivity contribution in [3.05, 3.63) is 59.4 Å². The van der Waals surface area contributed by atoms with Gasteiger partial charge in [0.2, 0.25) is 5.91 Å². The Morgan fingerprint density at radius 3 is 2.40 bits per heavy atom. The predicted molar refractivity (Wildman–Crippen MR) is 118 cm³/mol. The van der Waals surface area contributed by atoms with Crippen LogP contribution in [0.4, 0.5) is 0 Å². The van der Waals surface area contributed by atoms with Crippen LogP contribution in [0.1, 0.15) is 17.0 Å². The zero-order chi connectivity index (χ0) is 21.5. The van der Waals surface area contributed by atoms with Gasteiger partial charge in [0.15, 0.2) is 5.16 Å². The van der Waals surface area contributed by atoms with Gasteiger partial charge in [0, 0.05) is 5.69 Å². The van der Waals surface area contributed by atoms with E-state index in [4.69, 9.17) is 9.47 Å². The van der Waals surface area contributed by atoms with Gasteiger partial charge in [-0.25, -0.2) is 0 Å². The molecule has 7 nitrogen and oxygen atoms in total. The minimum absolute atomic E-state index is 0.0778. The molecule has 0 bridgehead atoms. The van der Waals surface area contributed by atoms with E-state index in [-0.39, 0.29) is 11.7 Å². The van der Waals surface area contributed by atoms with E-state index in [1.54, 1.807) is 7.11 Å².